The maximum Gasteiger partial charge on any atom is 0.354 e. The van der Waals surface area contributed by atoms with E-state index in [2.05, 4.69) is 15.3 Å². The van der Waals surface area contributed by atoms with Crippen LogP contribution in [0.2, 0.25) is 0 Å². The second kappa shape index (κ2) is 5.31. The number of carboxylic acid groups (broad SMARTS) is 1. The van der Waals surface area contributed by atoms with Crippen LogP contribution >= 0.6 is 0 Å². The maximum absolute atomic E-state index is 11.0. The molecule has 6 heteroatoms. The Kier molecular flexibility index (Phi) is 3.57. The molecular weight excluding hydrogens is 234 g/mol. The second-order valence-corrected chi connectivity index (χ2v) is 3.67. The van der Waals surface area contributed by atoms with E-state index in [0.717, 1.165) is 6.42 Å². The lowest BCUT2D eigenvalue weighted by molar-refractivity contribution is 0.0690. The van der Waals surface area contributed by atoms with Crippen LogP contribution in [0.15, 0.2) is 28.9 Å². The number of aromatic nitrogens is 2. The van der Waals surface area contributed by atoms with Crippen molar-refractivity contribution in [3.05, 3.63) is 30.2 Å². The molecular formula is C12H13N3O3. The van der Waals surface area contributed by atoms with E-state index in [1.54, 1.807) is 12.1 Å². The Labute approximate surface area is 104 Å². The highest BCUT2D eigenvalue weighted by Crippen LogP contribution is 2.18. The summed E-state index contributed by atoms with van der Waals surface area (Å²) in [5.41, 5.74) is -0.0602. The summed E-state index contributed by atoms with van der Waals surface area (Å²) in [4.78, 5) is 19.2. The van der Waals surface area contributed by atoms with Gasteiger partial charge in [0.25, 0.3) is 0 Å². The Hall–Kier alpha value is -2.37. The fourth-order valence-corrected chi connectivity index (χ4v) is 1.42. The minimum absolute atomic E-state index is 0.0602. The molecule has 2 aromatic rings. The fraction of sp³-hybridized carbons (Fsp3) is 0.250. The van der Waals surface area contributed by atoms with Crippen molar-refractivity contribution in [2.45, 2.75) is 13.3 Å². The summed E-state index contributed by atoms with van der Waals surface area (Å²) in [5.74, 6) is 0.0940. The van der Waals surface area contributed by atoms with E-state index >= 15 is 0 Å². The normalized spacial score (nSPS) is 10.3. The summed E-state index contributed by atoms with van der Waals surface area (Å²) in [7, 11) is 0. The molecule has 0 saturated heterocycles. The highest BCUT2D eigenvalue weighted by Gasteiger charge is 2.13. The fourth-order valence-electron chi connectivity index (χ4n) is 1.42. The standard InChI is InChI=1S/C12H13N3O3/c1-2-5-13-10-7-8(12(16)17)14-11(15-10)9-4-3-6-18-9/h3-4,6-7H,2,5H2,1H3,(H,16,17)(H,13,14,15). The summed E-state index contributed by atoms with van der Waals surface area (Å²) >= 11 is 0. The molecule has 0 aliphatic heterocycles. The van der Waals surface area contributed by atoms with Crippen LogP contribution in [-0.4, -0.2) is 27.6 Å². The molecule has 18 heavy (non-hydrogen) atoms. The van der Waals surface area contributed by atoms with Gasteiger partial charge in [-0.1, -0.05) is 6.92 Å². The van der Waals surface area contributed by atoms with Crippen LogP contribution in [0.1, 0.15) is 23.8 Å². The molecule has 2 rings (SSSR count). The summed E-state index contributed by atoms with van der Waals surface area (Å²) in [6, 6.07) is 4.79. The van der Waals surface area contributed by atoms with E-state index in [1.165, 1.54) is 12.3 Å². The first-order chi connectivity index (χ1) is 8.70. The van der Waals surface area contributed by atoms with Gasteiger partial charge in [0.05, 0.1) is 6.26 Å². The van der Waals surface area contributed by atoms with Gasteiger partial charge in [0.15, 0.2) is 17.3 Å². The van der Waals surface area contributed by atoms with Gasteiger partial charge in [-0.25, -0.2) is 14.8 Å². The van der Waals surface area contributed by atoms with Gasteiger partial charge in [0, 0.05) is 12.6 Å². The van der Waals surface area contributed by atoms with Gasteiger partial charge in [0.2, 0.25) is 0 Å². The molecule has 2 heterocycles. The lowest BCUT2D eigenvalue weighted by Gasteiger charge is -2.06. The summed E-state index contributed by atoms with van der Waals surface area (Å²) in [6.45, 7) is 2.73. The van der Waals surface area contributed by atoms with E-state index in [0.29, 0.717) is 18.1 Å². The molecule has 2 N–H and O–H groups in total. The number of carboxylic acids is 1. The van der Waals surface area contributed by atoms with Crippen LogP contribution in [0.3, 0.4) is 0 Å². The van der Waals surface area contributed by atoms with Crippen LogP contribution in [0, 0.1) is 0 Å². The molecule has 0 aliphatic carbocycles. The van der Waals surface area contributed by atoms with Crippen LogP contribution in [0.4, 0.5) is 5.82 Å². The number of carbonyl (C=O) groups is 1. The SMILES string of the molecule is CCCNc1cc(C(=O)O)nc(-c2ccco2)n1. The van der Waals surface area contributed by atoms with E-state index in [9.17, 15) is 4.79 Å². The number of rotatable bonds is 5. The molecule has 0 fully saturated rings. The molecule has 0 radical (unpaired) electrons. The molecule has 0 spiro atoms. The Morgan fingerprint density at radius 3 is 2.94 bits per heavy atom. The number of aromatic carboxylic acids is 1. The molecule has 2 aromatic heterocycles. The Bertz CT molecular complexity index is 538. The number of nitrogens with one attached hydrogen (secondary N) is 1. The largest absolute Gasteiger partial charge is 0.477 e. The molecule has 0 saturated carbocycles. The van der Waals surface area contributed by atoms with Gasteiger partial charge in [-0.05, 0) is 18.6 Å². The Morgan fingerprint density at radius 1 is 1.50 bits per heavy atom. The predicted molar refractivity (Wildman–Crippen MR) is 65.5 cm³/mol. The zero-order valence-corrected chi connectivity index (χ0v) is 9.88. The van der Waals surface area contributed by atoms with E-state index in [1.807, 2.05) is 6.92 Å². The van der Waals surface area contributed by atoms with Crippen molar-refractivity contribution in [1.82, 2.24) is 9.97 Å². The monoisotopic (exact) mass is 247 g/mol. The van der Waals surface area contributed by atoms with Crippen molar-refractivity contribution in [3.63, 3.8) is 0 Å². The quantitative estimate of drug-likeness (QED) is 0.842. The van der Waals surface area contributed by atoms with Crippen molar-refractivity contribution in [3.8, 4) is 11.6 Å². The second-order valence-electron chi connectivity index (χ2n) is 3.67. The van der Waals surface area contributed by atoms with Crippen molar-refractivity contribution in [1.29, 1.82) is 0 Å². The molecule has 94 valence electrons. The van der Waals surface area contributed by atoms with Crippen molar-refractivity contribution < 1.29 is 14.3 Å². The van der Waals surface area contributed by atoms with Crippen LogP contribution in [0.5, 0.6) is 0 Å². The van der Waals surface area contributed by atoms with Gasteiger partial charge in [-0.3, -0.25) is 0 Å². The number of hydrogen-bond acceptors (Lipinski definition) is 5. The first-order valence-corrected chi connectivity index (χ1v) is 5.61. The van der Waals surface area contributed by atoms with Crippen LogP contribution in [-0.2, 0) is 0 Å². The van der Waals surface area contributed by atoms with Crippen molar-refractivity contribution >= 4 is 11.8 Å². The average molecular weight is 247 g/mol. The van der Waals surface area contributed by atoms with Crippen LogP contribution < -0.4 is 5.32 Å². The smallest absolute Gasteiger partial charge is 0.354 e. The van der Waals surface area contributed by atoms with Crippen molar-refractivity contribution in [2.75, 3.05) is 11.9 Å². The predicted octanol–water partition coefficient (Wildman–Crippen LogP) is 2.26. The van der Waals surface area contributed by atoms with Gasteiger partial charge >= 0.3 is 5.97 Å². The first kappa shape index (κ1) is 12.1. The summed E-state index contributed by atoms with van der Waals surface area (Å²) in [5, 5.41) is 12.0. The van der Waals surface area contributed by atoms with Gasteiger partial charge < -0.3 is 14.8 Å². The first-order valence-electron chi connectivity index (χ1n) is 5.61. The lowest BCUT2D eigenvalue weighted by atomic mass is 10.3. The average Bonchev–Trinajstić information content (AvgIpc) is 2.89. The minimum atomic E-state index is -1.09. The molecule has 0 amide bonds. The number of nitrogens with zero attached hydrogens (tertiary/aromatic N) is 2. The van der Waals surface area contributed by atoms with Gasteiger partial charge in [-0.15, -0.1) is 0 Å². The summed E-state index contributed by atoms with van der Waals surface area (Å²) in [6.07, 6.45) is 2.41. The van der Waals surface area contributed by atoms with Gasteiger partial charge in [0.1, 0.15) is 5.82 Å². The van der Waals surface area contributed by atoms with Crippen LogP contribution in [0.25, 0.3) is 11.6 Å². The minimum Gasteiger partial charge on any atom is -0.477 e. The molecule has 0 unspecified atom stereocenters. The van der Waals surface area contributed by atoms with Gasteiger partial charge in [-0.2, -0.15) is 0 Å². The van der Waals surface area contributed by atoms with E-state index in [-0.39, 0.29) is 11.5 Å². The molecule has 0 aromatic carbocycles. The highest BCUT2D eigenvalue weighted by atomic mass is 16.4. The zero-order valence-electron chi connectivity index (χ0n) is 9.88. The third-order valence-corrected chi connectivity index (χ3v) is 2.24. The topological polar surface area (TPSA) is 88.2 Å². The third kappa shape index (κ3) is 2.65. The highest BCUT2D eigenvalue weighted by molar-refractivity contribution is 5.86. The maximum atomic E-state index is 11.0. The zero-order chi connectivity index (χ0) is 13.0. The number of furan rings is 1. The number of anilines is 1. The number of hydrogen-bond donors (Lipinski definition) is 2. The Balaban J connectivity index is 2.40. The molecule has 6 nitrogen and oxygen atoms in total. The van der Waals surface area contributed by atoms with Crippen molar-refractivity contribution in [2.24, 2.45) is 0 Å². The lowest BCUT2D eigenvalue weighted by Crippen LogP contribution is -2.08. The molecule has 0 atom stereocenters. The Morgan fingerprint density at radius 2 is 2.33 bits per heavy atom. The third-order valence-electron chi connectivity index (χ3n) is 2.24. The molecule has 0 bridgehead atoms. The van der Waals surface area contributed by atoms with E-state index < -0.39 is 5.97 Å². The molecule has 0 aliphatic rings. The summed E-state index contributed by atoms with van der Waals surface area (Å²) < 4.78 is 5.17. The van der Waals surface area contributed by atoms with E-state index in [4.69, 9.17) is 9.52 Å².